The van der Waals surface area contributed by atoms with Gasteiger partial charge in [-0.15, -0.1) is 35.9 Å². The van der Waals surface area contributed by atoms with E-state index < -0.39 is 0 Å². The number of hydrogen-bond donors (Lipinski definition) is 0. The Morgan fingerprint density at radius 1 is 0.696 bits per heavy atom. The molecule has 0 atom stereocenters. The molecule has 0 N–H and O–H groups in total. The van der Waals surface area contributed by atoms with Gasteiger partial charge in [0.05, 0.1) is 0 Å². The number of nitrogens with zero attached hydrogens (tertiary/aromatic N) is 2. The zero-order chi connectivity index (χ0) is 14.8. The predicted molar refractivity (Wildman–Crippen MR) is 99.8 cm³/mol. The van der Waals surface area contributed by atoms with Crippen LogP contribution in [0.25, 0.3) is 0 Å². The second kappa shape index (κ2) is 16.3. The van der Waals surface area contributed by atoms with Crippen LogP contribution in [0.5, 0.6) is 0 Å². The number of halogens is 2. The van der Waals surface area contributed by atoms with Crippen LogP contribution in [0.3, 0.4) is 0 Å². The maximum Gasteiger partial charge on any atom is 2.00 e. The first-order valence-electron chi connectivity index (χ1n) is 6.78. The summed E-state index contributed by atoms with van der Waals surface area (Å²) < 4.78 is 0. The number of rotatable bonds is 4. The summed E-state index contributed by atoms with van der Waals surface area (Å²) in [5.74, 6) is 0. The van der Waals surface area contributed by atoms with E-state index in [4.69, 9.17) is 0 Å². The second-order valence-electron chi connectivity index (χ2n) is 5.25. The Kier molecular flexibility index (Phi) is 19.4. The molecule has 128 valence electrons. The zero-order valence-electron chi connectivity index (χ0n) is 14.2. The molecule has 0 spiro atoms. The summed E-state index contributed by atoms with van der Waals surface area (Å²) in [4.78, 5) is 4.26. The van der Waals surface area contributed by atoms with Crippen molar-refractivity contribution in [1.82, 2.24) is 9.80 Å². The molecule has 23 heavy (non-hydrogen) atoms. The molecule has 0 unspecified atom stereocenters. The largest absolute Gasteiger partial charge is 2.00 e. The minimum absolute atomic E-state index is 0. The van der Waals surface area contributed by atoms with E-state index in [-0.39, 0.29) is 42.2 Å². The average molecular weight is 393 g/mol. The van der Waals surface area contributed by atoms with Crippen LogP contribution in [0.1, 0.15) is 11.1 Å². The van der Waals surface area contributed by atoms with E-state index in [1.807, 2.05) is 36.4 Å². The Morgan fingerprint density at radius 3 is 1.26 bits per heavy atom. The molecule has 0 aromatic heterocycles. The maximum absolute atomic E-state index is 3.16. The maximum atomic E-state index is 3.16. The van der Waals surface area contributed by atoms with E-state index in [2.05, 4.69) is 62.3 Å². The van der Waals surface area contributed by atoms with Crippen LogP contribution in [0.4, 0.5) is 0 Å². The smallest absolute Gasteiger partial charge is 0.307 e. The molecular formula is C18H26Cl2CrN2. The van der Waals surface area contributed by atoms with E-state index in [9.17, 15) is 0 Å². The van der Waals surface area contributed by atoms with Gasteiger partial charge in [0.25, 0.3) is 0 Å². The van der Waals surface area contributed by atoms with Gasteiger partial charge in [0.2, 0.25) is 0 Å². The van der Waals surface area contributed by atoms with Crippen LogP contribution in [0.15, 0.2) is 48.5 Å². The molecule has 2 rings (SSSR count). The molecule has 0 aliphatic carbocycles. The van der Waals surface area contributed by atoms with Crippen molar-refractivity contribution < 1.29 is 17.4 Å². The molecule has 2 aromatic rings. The molecule has 2 nitrogen and oxygen atoms in total. The molecule has 0 bridgehead atoms. The third-order valence-corrected chi connectivity index (χ3v) is 2.52. The third kappa shape index (κ3) is 14.8. The van der Waals surface area contributed by atoms with Gasteiger partial charge in [0.1, 0.15) is 0 Å². The Balaban J connectivity index is -0.000000308. The summed E-state index contributed by atoms with van der Waals surface area (Å²) in [6.07, 6.45) is 0. The fourth-order valence-electron chi connectivity index (χ4n) is 1.74. The first-order valence-corrected chi connectivity index (χ1v) is 6.78. The molecule has 0 amide bonds. The van der Waals surface area contributed by atoms with Gasteiger partial charge >= 0.3 is 17.4 Å². The van der Waals surface area contributed by atoms with Crippen LogP contribution in [0.2, 0.25) is 0 Å². The van der Waals surface area contributed by atoms with Gasteiger partial charge in [-0.05, 0) is 28.2 Å². The molecule has 0 saturated carbocycles. The van der Waals surface area contributed by atoms with E-state index in [1.54, 1.807) is 0 Å². The molecule has 2 aromatic carbocycles. The Morgan fingerprint density at radius 2 is 1.04 bits per heavy atom. The van der Waals surface area contributed by atoms with Crippen molar-refractivity contribution in [2.24, 2.45) is 0 Å². The predicted octanol–water partition coefficient (Wildman–Crippen LogP) is 3.94. The Labute approximate surface area is 164 Å². The minimum Gasteiger partial charge on any atom is -0.307 e. The van der Waals surface area contributed by atoms with E-state index in [0.717, 1.165) is 13.1 Å². The van der Waals surface area contributed by atoms with Gasteiger partial charge in [0.15, 0.2) is 0 Å². The first kappa shape index (κ1) is 27.3. The van der Waals surface area contributed by atoms with Gasteiger partial charge in [0, 0.05) is 13.1 Å². The van der Waals surface area contributed by atoms with Crippen LogP contribution in [0, 0.1) is 12.1 Å². The van der Waals surface area contributed by atoms with Crippen LogP contribution >= 0.6 is 24.8 Å². The standard InChI is InChI=1S/2C9H12N.2ClH.Cr/c2*1-10(2)8-9-6-4-3-5-7-9;;;/h2*3-6H,8H2,1-2H3;2*1H;/q2*-1;;;+2. The van der Waals surface area contributed by atoms with Gasteiger partial charge in [-0.1, -0.05) is 0 Å². The summed E-state index contributed by atoms with van der Waals surface area (Å²) in [6, 6.07) is 22.4. The fraction of sp³-hybridized carbons (Fsp3) is 0.333. The van der Waals surface area contributed by atoms with Gasteiger partial charge in [-0.3, -0.25) is 0 Å². The quantitative estimate of drug-likeness (QED) is 0.727. The minimum atomic E-state index is 0. The monoisotopic (exact) mass is 392 g/mol. The molecule has 5 heteroatoms. The summed E-state index contributed by atoms with van der Waals surface area (Å²) >= 11 is 0. The molecule has 0 fully saturated rings. The Bertz CT molecular complexity index is 419. The van der Waals surface area contributed by atoms with E-state index >= 15 is 0 Å². The van der Waals surface area contributed by atoms with Crippen molar-refractivity contribution in [3.8, 4) is 0 Å². The van der Waals surface area contributed by atoms with Crippen molar-refractivity contribution in [2.75, 3.05) is 28.2 Å². The molecular weight excluding hydrogens is 367 g/mol. The van der Waals surface area contributed by atoms with E-state index in [1.165, 1.54) is 11.1 Å². The normalized spacial score (nSPS) is 8.96. The SMILES string of the molecule is CN(C)Cc1[c-]cccc1.CN(C)Cc1[c-]cccc1.Cl.Cl.[Cr+2]. The third-order valence-electron chi connectivity index (χ3n) is 2.52. The zero-order valence-corrected chi connectivity index (χ0v) is 17.1. The van der Waals surface area contributed by atoms with Crippen LogP contribution in [-0.2, 0) is 30.5 Å². The molecule has 0 heterocycles. The summed E-state index contributed by atoms with van der Waals surface area (Å²) in [5.41, 5.74) is 2.49. The first-order chi connectivity index (χ1) is 9.58. The van der Waals surface area contributed by atoms with Crippen molar-refractivity contribution in [1.29, 1.82) is 0 Å². The van der Waals surface area contributed by atoms with Crippen molar-refractivity contribution in [3.05, 3.63) is 71.8 Å². The van der Waals surface area contributed by atoms with Gasteiger partial charge in [-0.25, -0.2) is 0 Å². The number of benzene rings is 2. The van der Waals surface area contributed by atoms with Crippen molar-refractivity contribution in [3.63, 3.8) is 0 Å². The average Bonchev–Trinajstić information content (AvgIpc) is 2.40. The van der Waals surface area contributed by atoms with Crippen LogP contribution < -0.4 is 0 Å². The topological polar surface area (TPSA) is 6.48 Å². The summed E-state index contributed by atoms with van der Waals surface area (Å²) in [6.45, 7) is 1.95. The summed E-state index contributed by atoms with van der Waals surface area (Å²) in [7, 11) is 8.23. The van der Waals surface area contributed by atoms with Gasteiger partial charge in [-0.2, -0.15) is 60.7 Å². The number of hydrogen-bond acceptors (Lipinski definition) is 2. The van der Waals surface area contributed by atoms with Crippen molar-refractivity contribution in [2.45, 2.75) is 13.1 Å². The second-order valence-corrected chi connectivity index (χ2v) is 5.25. The van der Waals surface area contributed by atoms with Gasteiger partial charge < -0.3 is 9.80 Å². The summed E-state index contributed by atoms with van der Waals surface area (Å²) in [5, 5.41) is 0. The van der Waals surface area contributed by atoms with E-state index in [0.29, 0.717) is 0 Å². The molecule has 0 aliphatic rings. The molecule has 0 radical (unpaired) electrons. The van der Waals surface area contributed by atoms with Crippen molar-refractivity contribution >= 4 is 24.8 Å². The van der Waals surface area contributed by atoms with Crippen LogP contribution in [-0.4, -0.2) is 38.0 Å². The fourth-order valence-corrected chi connectivity index (χ4v) is 1.74. The molecule has 0 aliphatic heterocycles. The Hall–Kier alpha value is -0.528. The molecule has 0 saturated heterocycles.